The molecule has 3 nitrogen and oxygen atoms in total. The van der Waals surface area contributed by atoms with Gasteiger partial charge in [-0.3, -0.25) is 0 Å². The van der Waals surface area contributed by atoms with E-state index in [0.717, 1.165) is 23.5 Å². The van der Waals surface area contributed by atoms with Crippen LogP contribution in [-0.2, 0) is 0 Å². The number of hydrogen-bond donors (Lipinski definition) is 0. The van der Waals surface area contributed by atoms with Crippen molar-refractivity contribution in [2.45, 2.75) is 77.0 Å². The Morgan fingerprint density at radius 1 is 0.781 bits per heavy atom. The molecule has 172 valence electrons. The number of methoxy groups -OCH3 is 1. The maximum absolute atomic E-state index is 12.5. The van der Waals surface area contributed by atoms with Gasteiger partial charge in [-0.05, 0) is 104 Å². The van der Waals surface area contributed by atoms with Crippen molar-refractivity contribution in [1.82, 2.24) is 0 Å². The summed E-state index contributed by atoms with van der Waals surface area (Å²) in [6.07, 6.45) is 13.9. The molecule has 2 fully saturated rings. The largest absolute Gasteiger partial charge is 0.497 e. The summed E-state index contributed by atoms with van der Waals surface area (Å²) in [4.78, 5) is 12.5. The number of carbonyl (C=O) groups is 1. The molecule has 0 aliphatic heterocycles. The van der Waals surface area contributed by atoms with Gasteiger partial charge in [0, 0.05) is 0 Å². The van der Waals surface area contributed by atoms with Crippen LogP contribution in [0.3, 0.4) is 0 Å². The van der Waals surface area contributed by atoms with Gasteiger partial charge in [0.1, 0.15) is 11.5 Å². The first-order valence-corrected chi connectivity index (χ1v) is 12.6. The number of ether oxygens (including phenoxy) is 2. The molecule has 0 atom stereocenters. The first kappa shape index (κ1) is 22.9. The number of hydrogen-bond acceptors (Lipinski definition) is 3. The van der Waals surface area contributed by atoms with Gasteiger partial charge >= 0.3 is 5.97 Å². The van der Waals surface area contributed by atoms with Gasteiger partial charge < -0.3 is 9.47 Å². The molecular formula is C29H38O3. The first-order valence-electron chi connectivity index (χ1n) is 12.6. The fourth-order valence-corrected chi connectivity index (χ4v) is 5.98. The van der Waals surface area contributed by atoms with E-state index in [2.05, 4.69) is 19.1 Å². The molecule has 0 spiro atoms. The van der Waals surface area contributed by atoms with E-state index < -0.39 is 0 Å². The van der Waals surface area contributed by atoms with Crippen LogP contribution in [0, 0.1) is 17.8 Å². The van der Waals surface area contributed by atoms with E-state index in [4.69, 9.17) is 9.47 Å². The minimum Gasteiger partial charge on any atom is -0.497 e. The van der Waals surface area contributed by atoms with Gasteiger partial charge in [-0.2, -0.15) is 0 Å². The summed E-state index contributed by atoms with van der Waals surface area (Å²) in [6, 6.07) is 15.2. The van der Waals surface area contributed by atoms with Gasteiger partial charge in [-0.25, -0.2) is 4.79 Å². The van der Waals surface area contributed by atoms with Crippen molar-refractivity contribution in [2.75, 3.05) is 7.11 Å². The van der Waals surface area contributed by atoms with Crippen LogP contribution in [0.5, 0.6) is 11.5 Å². The Labute approximate surface area is 193 Å². The van der Waals surface area contributed by atoms with E-state index in [1.807, 2.05) is 12.1 Å². The molecule has 2 aliphatic carbocycles. The van der Waals surface area contributed by atoms with Gasteiger partial charge in [0.05, 0.1) is 12.7 Å². The lowest BCUT2D eigenvalue weighted by molar-refractivity contribution is 0.0734. The van der Waals surface area contributed by atoms with E-state index in [-0.39, 0.29) is 5.97 Å². The van der Waals surface area contributed by atoms with Crippen molar-refractivity contribution < 1.29 is 14.3 Å². The van der Waals surface area contributed by atoms with E-state index in [9.17, 15) is 4.79 Å². The number of rotatable bonds is 7. The Morgan fingerprint density at radius 2 is 1.34 bits per heavy atom. The summed E-state index contributed by atoms with van der Waals surface area (Å²) in [5, 5.41) is 0. The minimum atomic E-state index is -0.316. The second-order valence-corrected chi connectivity index (χ2v) is 9.87. The molecule has 0 heterocycles. The van der Waals surface area contributed by atoms with E-state index in [1.54, 1.807) is 31.4 Å². The Balaban J connectivity index is 1.26. The molecular weight excluding hydrogens is 396 g/mol. The molecule has 0 radical (unpaired) electrons. The van der Waals surface area contributed by atoms with Crippen molar-refractivity contribution in [3.05, 3.63) is 59.7 Å². The van der Waals surface area contributed by atoms with Crippen molar-refractivity contribution in [1.29, 1.82) is 0 Å². The Hall–Kier alpha value is -2.29. The third kappa shape index (κ3) is 5.74. The molecule has 2 aromatic rings. The summed E-state index contributed by atoms with van der Waals surface area (Å²) in [5.74, 6) is 4.50. The summed E-state index contributed by atoms with van der Waals surface area (Å²) in [6.45, 7) is 2.32. The molecule has 0 N–H and O–H groups in total. The number of benzene rings is 2. The molecule has 0 saturated heterocycles. The van der Waals surface area contributed by atoms with Gasteiger partial charge in [-0.1, -0.05) is 44.7 Å². The monoisotopic (exact) mass is 434 g/mol. The highest BCUT2D eigenvalue weighted by atomic mass is 16.5. The lowest BCUT2D eigenvalue weighted by atomic mass is 9.68. The average molecular weight is 435 g/mol. The van der Waals surface area contributed by atoms with Crippen LogP contribution in [0.15, 0.2) is 48.5 Å². The van der Waals surface area contributed by atoms with Crippen molar-refractivity contribution in [2.24, 2.45) is 17.8 Å². The van der Waals surface area contributed by atoms with E-state index in [0.29, 0.717) is 17.2 Å². The van der Waals surface area contributed by atoms with Crippen molar-refractivity contribution >= 4 is 5.97 Å². The summed E-state index contributed by atoms with van der Waals surface area (Å²) in [7, 11) is 1.62. The lowest BCUT2D eigenvalue weighted by Crippen LogP contribution is -2.25. The quantitative estimate of drug-likeness (QED) is 0.329. The average Bonchev–Trinajstić information content (AvgIpc) is 2.85. The zero-order valence-corrected chi connectivity index (χ0v) is 19.7. The normalized spacial score (nSPS) is 25.8. The van der Waals surface area contributed by atoms with Crippen molar-refractivity contribution in [3.63, 3.8) is 0 Å². The zero-order valence-electron chi connectivity index (χ0n) is 19.7. The third-order valence-corrected chi connectivity index (χ3v) is 7.91. The summed E-state index contributed by atoms with van der Waals surface area (Å²) in [5.41, 5.74) is 1.97. The van der Waals surface area contributed by atoms with Crippen LogP contribution in [-0.4, -0.2) is 13.1 Å². The van der Waals surface area contributed by atoms with Gasteiger partial charge in [0.2, 0.25) is 0 Å². The highest BCUT2D eigenvalue weighted by Crippen LogP contribution is 2.44. The number of esters is 1. The standard InChI is InChI=1S/C29H38O3/c1-3-4-21-5-7-22(8-6-21)23-9-11-24(12-10-23)25-13-15-26(16-14-25)29(30)32-28-19-17-27(31-2)18-20-28/h13-24H,3-12H2,1-2H3/t21-,22-,23?,24?. The van der Waals surface area contributed by atoms with Crippen LogP contribution < -0.4 is 9.47 Å². The molecule has 0 bridgehead atoms. The molecule has 0 amide bonds. The van der Waals surface area contributed by atoms with Crippen LogP contribution in [0.2, 0.25) is 0 Å². The topological polar surface area (TPSA) is 35.5 Å². The fraction of sp³-hybridized carbons (Fsp3) is 0.552. The Bertz CT molecular complexity index is 839. The Morgan fingerprint density at radius 3 is 1.91 bits per heavy atom. The maximum atomic E-state index is 12.5. The molecule has 4 rings (SSSR count). The second kappa shape index (κ2) is 11.0. The van der Waals surface area contributed by atoms with Crippen LogP contribution in [0.1, 0.15) is 93.0 Å². The zero-order chi connectivity index (χ0) is 22.3. The third-order valence-electron chi connectivity index (χ3n) is 7.91. The summed E-state index contributed by atoms with van der Waals surface area (Å²) < 4.78 is 10.6. The van der Waals surface area contributed by atoms with Gasteiger partial charge in [-0.15, -0.1) is 0 Å². The van der Waals surface area contributed by atoms with Gasteiger partial charge in [0.25, 0.3) is 0 Å². The van der Waals surface area contributed by atoms with Crippen molar-refractivity contribution in [3.8, 4) is 11.5 Å². The van der Waals surface area contributed by atoms with Crippen LogP contribution >= 0.6 is 0 Å². The minimum absolute atomic E-state index is 0.316. The van der Waals surface area contributed by atoms with Crippen LogP contribution in [0.4, 0.5) is 0 Å². The molecule has 2 aromatic carbocycles. The Kier molecular flexibility index (Phi) is 7.89. The predicted octanol–water partition coefficient (Wildman–Crippen LogP) is 7.79. The molecule has 32 heavy (non-hydrogen) atoms. The molecule has 2 saturated carbocycles. The molecule has 0 aromatic heterocycles. The number of carbonyl (C=O) groups excluding carboxylic acids is 1. The maximum Gasteiger partial charge on any atom is 0.343 e. The predicted molar refractivity (Wildman–Crippen MR) is 129 cm³/mol. The van der Waals surface area contributed by atoms with Crippen LogP contribution in [0.25, 0.3) is 0 Å². The second-order valence-electron chi connectivity index (χ2n) is 9.87. The van der Waals surface area contributed by atoms with E-state index >= 15 is 0 Å². The molecule has 2 aliphatic rings. The fourth-order valence-electron chi connectivity index (χ4n) is 5.98. The SMILES string of the molecule is CCC[C@H]1CC[C@H](C2CCC(c3ccc(C(=O)Oc4ccc(OC)cc4)cc3)CC2)CC1. The van der Waals surface area contributed by atoms with E-state index in [1.165, 1.54) is 69.8 Å². The molecule has 0 unspecified atom stereocenters. The first-order chi connectivity index (χ1) is 15.7. The lowest BCUT2D eigenvalue weighted by Gasteiger charge is -2.38. The molecule has 3 heteroatoms. The highest BCUT2D eigenvalue weighted by Gasteiger charge is 2.31. The smallest absolute Gasteiger partial charge is 0.343 e. The van der Waals surface area contributed by atoms with Gasteiger partial charge in [0.15, 0.2) is 0 Å². The highest BCUT2D eigenvalue weighted by molar-refractivity contribution is 5.91. The summed E-state index contributed by atoms with van der Waals surface area (Å²) >= 11 is 0.